The third-order valence-electron chi connectivity index (χ3n) is 9.48. The number of rotatable bonds is 2. The van der Waals surface area contributed by atoms with Crippen molar-refractivity contribution in [2.45, 2.75) is 92.4 Å². The summed E-state index contributed by atoms with van der Waals surface area (Å²) in [5, 5.41) is 5.40. The quantitative estimate of drug-likeness (QED) is 0.255. The van der Waals surface area contributed by atoms with Crippen molar-refractivity contribution in [3.05, 3.63) is 77.5 Å². The van der Waals surface area contributed by atoms with Gasteiger partial charge in [-0.05, 0) is 121 Å². The highest BCUT2D eigenvalue weighted by Crippen LogP contribution is 2.60. The molecule has 4 aromatic rings. The zero-order valence-corrected chi connectivity index (χ0v) is 23.7. The Morgan fingerprint density at radius 1 is 0.676 bits per heavy atom. The van der Waals surface area contributed by atoms with E-state index in [9.17, 15) is 0 Å². The predicted octanol–water partition coefficient (Wildman–Crippen LogP) is 10.6. The Hall–Kier alpha value is -2.67. The van der Waals surface area contributed by atoms with Crippen molar-refractivity contribution < 1.29 is 0 Å². The molecule has 1 nitrogen and oxygen atoms in total. The lowest BCUT2D eigenvalue weighted by Crippen LogP contribution is -2.43. The summed E-state index contributed by atoms with van der Waals surface area (Å²) < 4.78 is 0. The molecule has 0 bridgehead atoms. The second-order valence-electron chi connectivity index (χ2n) is 14.3. The minimum absolute atomic E-state index is 0.467. The normalized spacial score (nSPS) is 21.0. The molecule has 6 rings (SSSR count). The maximum absolute atomic E-state index is 4.85. The molecule has 0 saturated heterocycles. The second kappa shape index (κ2) is 8.69. The third kappa shape index (κ3) is 4.60. The van der Waals surface area contributed by atoms with Gasteiger partial charge in [0.25, 0.3) is 0 Å². The molecule has 2 aliphatic carbocycles. The number of fused-ring (bicyclic) bond motifs is 3. The molecule has 0 radical (unpaired) electrons. The number of pyridine rings is 1. The lowest BCUT2D eigenvalue weighted by Gasteiger charge is -2.54. The van der Waals surface area contributed by atoms with E-state index in [4.69, 9.17) is 4.98 Å². The summed E-state index contributed by atoms with van der Waals surface area (Å²) in [4.78, 5) is 4.85. The van der Waals surface area contributed by atoms with Crippen molar-refractivity contribution in [1.29, 1.82) is 0 Å². The monoisotopic (exact) mass is 489 g/mol. The molecular weight excluding hydrogens is 446 g/mol. The zero-order chi connectivity index (χ0) is 26.0. The van der Waals surface area contributed by atoms with Crippen LogP contribution in [0, 0.1) is 30.1 Å². The lowest BCUT2D eigenvalue weighted by atomic mass is 9.51. The number of nitrogens with zero attached hydrogens (tertiary/aromatic N) is 1. The fraction of sp³-hybridized carbons (Fsp3) is 0.472. The Bertz CT molecular complexity index is 1440. The van der Waals surface area contributed by atoms with Crippen LogP contribution in [0.3, 0.4) is 0 Å². The Morgan fingerprint density at radius 3 is 1.97 bits per heavy atom. The van der Waals surface area contributed by atoms with Gasteiger partial charge in [0, 0.05) is 17.1 Å². The van der Waals surface area contributed by atoms with Crippen LogP contribution < -0.4 is 0 Å². The molecule has 2 saturated carbocycles. The van der Waals surface area contributed by atoms with E-state index in [1.807, 2.05) is 6.20 Å². The molecule has 0 unspecified atom stereocenters. The number of benzene rings is 3. The summed E-state index contributed by atoms with van der Waals surface area (Å²) in [6.45, 7) is 14.4. The molecule has 0 N–H and O–H groups in total. The van der Waals surface area contributed by atoms with Crippen LogP contribution in [0.1, 0.15) is 95.2 Å². The van der Waals surface area contributed by atoms with Crippen LogP contribution >= 0.6 is 0 Å². The molecule has 1 aromatic heterocycles. The fourth-order valence-corrected chi connectivity index (χ4v) is 9.15. The minimum atomic E-state index is 0.467. The summed E-state index contributed by atoms with van der Waals surface area (Å²) in [5.41, 5.74) is 7.93. The summed E-state index contributed by atoms with van der Waals surface area (Å²) in [7, 11) is 0. The molecule has 0 aliphatic heterocycles. The smallest absolute Gasteiger partial charge is 0.0780 e. The van der Waals surface area contributed by atoms with Gasteiger partial charge in [-0.25, -0.2) is 0 Å². The van der Waals surface area contributed by atoms with E-state index in [0.717, 1.165) is 5.69 Å². The highest BCUT2D eigenvalue weighted by molar-refractivity contribution is 6.12. The molecule has 1 spiro atoms. The summed E-state index contributed by atoms with van der Waals surface area (Å²) in [6.07, 6.45) is 11.6. The van der Waals surface area contributed by atoms with E-state index in [2.05, 4.69) is 96.1 Å². The molecule has 0 atom stereocenters. The summed E-state index contributed by atoms with van der Waals surface area (Å²) in [6, 6.07) is 20.7. The molecule has 1 heteroatoms. The number of aryl methyl sites for hydroxylation is 2. The molecule has 2 fully saturated rings. The van der Waals surface area contributed by atoms with Crippen molar-refractivity contribution in [1.82, 2.24) is 4.98 Å². The van der Waals surface area contributed by atoms with E-state index in [0.29, 0.717) is 22.2 Å². The number of hydrogen-bond donors (Lipinski definition) is 0. The van der Waals surface area contributed by atoms with Crippen molar-refractivity contribution >= 4 is 21.5 Å². The van der Waals surface area contributed by atoms with E-state index in [1.165, 1.54) is 83.2 Å². The molecule has 1 heterocycles. The van der Waals surface area contributed by atoms with Gasteiger partial charge in [-0.2, -0.15) is 0 Å². The Morgan fingerprint density at radius 2 is 1.30 bits per heavy atom. The summed E-state index contributed by atoms with van der Waals surface area (Å²) in [5.74, 6) is 0.667. The molecule has 3 aromatic carbocycles. The van der Waals surface area contributed by atoms with Gasteiger partial charge in [0.1, 0.15) is 0 Å². The van der Waals surface area contributed by atoms with E-state index < -0.39 is 0 Å². The first kappa shape index (κ1) is 24.7. The highest BCUT2D eigenvalue weighted by Gasteiger charge is 2.48. The first-order chi connectivity index (χ1) is 17.5. The zero-order valence-electron chi connectivity index (χ0n) is 23.7. The molecule has 2 aliphatic rings. The van der Waals surface area contributed by atoms with Crippen molar-refractivity contribution in [2.75, 3.05) is 0 Å². The Kier molecular flexibility index (Phi) is 5.79. The molecule has 192 valence electrons. The SMILES string of the molecule is Cc1cc(C)cc(-c2nccc3c2ccc2c(C4CCC5(CC4)CC(C)(C)CC(C)(C)C5)cccc23)c1. The highest BCUT2D eigenvalue weighted by atomic mass is 14.7. The first-order valence-corrected chi connectivity index (χ1v) is 14.4. The third-order valence-corrected chi connectivity index (χ3v) is 9.48. The van der Waals surface area contributed by atoms with Crippen LogP contribution in [-0.2, 0) is 0 Å². The van der Waals surface area contributed by atoms with Crippen molar-refractivity contribution in [3.8, 4) is 11.3 Å². The van der Waals surface area contributed by atoms with Crippen LogP contribution in [0.5, 0.6) is 0 Å². The maximum Gasteiger partial charge on any atom is 0.0780 e. The number of aromatic nitrogens is 1. The van der Waals surface area contributed by atoms with Gasteiger partial charge < -0.3 is 0 Å². The van der Waals surface area contributed by atoms with Gasteiger partial charge in [0.2, 0.25) is 0 Å². The van der Waals surface area contributed by atoms with Crippen LogP contribution in [0.15, 0.2) is 60.8 Å². The average molecular weight is 490 g/mol. The maximum atomic E-state index is 4.85. The van der Waals surface area contributed by atoms with Gasteiger partial charge >= 0.3 is 0 Å². The van der Waals surface area contributed by atoms with Crippen molar-refractivity contribution in [3.63, 3.8) is 0 Å². The Balaban J connectivity index is 1.36. The largest absolute Gasteiger partial charge is 0.256 e. The predicted molar refractivity (Wildman–Crippen MR) is 159 cm³/mol. The van der Waals surface area contributed by atoms with Gasteiger partial charge in [0.15, 0.2) is 0 Å². The average Bonchev–Trinajstić information content (AvgIpc) is 2.81. The lowest BCUT2D eigenvalue weighted by molar-refractivity contribution is -0.0280. The van der Waals surface area contributed by atoms with E-state index in [1.54, 1.807) is 5.56 Å². The van der Waals surface area contributed by atoms with Crippen LogP contribution in [0.2, 0.25) is 0 Å². The van der Waals surface area contributed by atoms with Gasteiger partial charge in [0.05, 0.1) is 5.69 Å². The van der Waals surface area contributed by atoms with Crippen molar-refractivity contribution in [2.24, 2.45) is 16.2 Å². The van der Waals surface area contributed by atoms with E-state index >= 15 is 0 Å². The Labute approximate surface area is 223 Å². The fourth-order valence-electron chi connectivity index (χ4n) is 9.15. The summed E-state index contributed by atoms with van der Waals surface area (Å²) >= 11 is 0. The van der Waals surface area contributed by atoms with Gasteiger partial charge in [-0.3, -0.25) is 4.98 Å². The topological polar surface area (TPSA) is 12.9 Å². The first-order valence-electron chi connectivity index (χ1n) is 14.4. The molecule has 0 amide bonds. The molecule has 37 heavy (non-hydrogen) atoms. The number of hydrogen-bond acceptors (Lipinski definition) is 1. The van der Waals surface area contributed by atoms with Crippen LogP contribution in [0.4, 0.5) is 0 Å². The molecular formula is C36H43N. The second-order valence-corrected chi connectivity index (χ2v) is 14.3. The van der Waals surface area contributed by atoms with Gasteiger partial charge in [-0.1, -0.05) is 75.2 Å². The van der Waals surface area contributed by atoms with Gasteiger partial charge in [-0.15, -0.1) is 0 Å². The van der Waals surface area contributed by atoms with Crippen LogP contribution in [0.25, 0.3) is 32.8 Å². The van der Waals surface area contributed by atoms with E-state index in [-0.39, 0.29) is 0 Å². The van der Waals surface area contributed by atoms with Crippen LogP contribution in [-0.4, -0.2) is 4.98 Å². The standard InChI is InChI=1S/C36H43N/c1-24-18-25(2)20-27(19-24)33-32-11-10-30-28(8-7-9-29(30)31(32)14-17-37-33)26-12-15-36(16-13-26)22-34(3,4)21-35(5,6)23-36/h7-11,14,17-20,26H,12-13,15-16,21-23H2,1-6H3. The minimum Gasteiger partial charge on any atom is -0.256 e.